The van der Waals surface area contributed by atoms with Crippen LogP contribution in [0.3, 0.4) is 0 Å². The van der Waals surface area contributed by atoms with Crippen LogP contribution in [0.25, 0.3) is 0 Å². The number of hydrogen-bond donors (Lipinski definition) is 2. The molecule has 1 atom stereocenters. The molecule has 1 heterocycles. The lowest BCUT2D eigenvalue weighted by Gasteiger charge is -2.30. The molecule has 7 heteroatoms. The van der Waals surface area contributed by atoms with E-state index in [-0.39, 0.29) is 18.9 Å². The molecular formula is C26H23ClF2N2OS. The number of aliphatic imine (C=N–C) groups is 1. The van der Waals surface area contributed by atoms with Gasteiger partial charge in [0.15, 0.2) is 0 Å². The van der Waals surface area contributed by atoms with Gasteiger partial charge in [-0.25, -0.2) is 13.8 Å². The third-order valence-corrected chi connectivity index (χ3v) is 7.48. The maximum Gasteiger partial charge on any atom is 0.248 e. The van der Waals surface area contributed by atoms with Crippen LogP contribution >= 0.6 is 23.4 Å². The van der Waals surface area contributed by atoms with E-state index in [2.05, 4.69) is 11.4 Å². The SMILES string of the molecule is OC(NC1CCC(F)(F)CC1)c1ccc2c(c1)N=C(c1cccc(Cl)c1)c1ccccc1S2. The monoisotopic (exact) mass is 484 g/mol. The maximum absolute atomic E-state index is 13.5. The lowest BCUT2D eigenvalue weighted by atomic mass is 9.92. The Bertz CT molecular complexity index is 1210. The van der Waals surface area contributed by atoms with E-state index in [1.54, 1.807) is 11.8 Å². The summed E-state index contributed by atoms with van der Waals surface area (Å²) in [4.78, 5) is 7.07. The van der Waals surface area contributed by atoms with Crippen molar-refractivity contribution in [1.29, 1.82) is 0 Å². The molecule has 1 saturated carbocycles. The van der Waals surface area contributed by atoms with Gasteiger partial charge in [0.25, 0.3) is 0 Å². The van der Waals surface area contributed by atoms with Crippen molar-refractivity contribution in [2.45, 2.75) is 53.7 Å². The molecule has 3 aromatic carbocycles. The Morgan fingerprint density at radius 2 is 1.79 bits per heavy atom. The third-order valence-electron chi connectivity index (χ3n) is 6.10. The number of nitrogens with zero attached hydrogens (tertiary/aromatic N) is 1. The second-order valence-electron chi connectivity index (χ2n) is 8.50. The fourth-order valence-electron chi connectivity index (χ4n) is 4.31. The predicted molar refractivity (Wildman–Crippen MR) is 129 cm³/mol. The first kappa shape index (κ1) is 22.5. The topological polar surface area (TPSA) is 44.6 Å². The Kier molecular flexibility index (Phi) is 6.27. The third kappa shape index (κ3) is 4.99. The Hall–Kier alpha value is -2.25. The Labute approximate surface area is 200 Å². The normalized spacial score (nSPS) is 18.6. The van der Waals surface area contributed by atoms with Crippen LogP contribution in [-0.4, -0.2) is 22.8 Å². The fourth-order valence-corrected chi connectivity index (χ4v) is 5.50. The molecule has 0 spiro atoms. The van der Waals surface area contributed by atoms with Gasteiger partial charge < -0.3 is 5.11 Å². The molecule has 2 N–H and O–H groups in total. The van der Waals surface area contributed by atoms with E-state index in [9.17, 15) is 13.9 Å². The standard InChI is InChI=1S/C26H23ClF2N2OS/c27-18-5-3-4-16(14-18)24-20-6-1-2-7-22(20)33-23-9-8-17(15-21(23)31-24)25(32)30-19-10-12-26(28,29)13-11-19/h1-9,14-15,19,25,30,32H,10-13H2. The molecule has 3 nitrogen and oxygen atoms in total. The summed E-state index contributed by atoms with van der Waals surface area (Å²) in [6.07, 6.45) is -0.561. The molecule has 0 bridgehead atoms. The quantitative estimate of drug-likeness (QED) is 0.303. The molecule has 170 valence electrons. The smallest absolute Gasteiger partial charge is 0.248 e. The number of aliphatic hydroxyl groups excluding tert-OH is 1. The second kappa shape index (κ2) is 9.18. The summed E-state index contributed by atoms with van der Waals surface area (Å²) in [6, 6.07) is 21.3. The molecule has 3 aromatic rings. The zero-order valence-electron chi connectivity index (χ0n) is 17.8. The van der Waals surface area contributed by atoms with Gasteiger partial charge in [0.1, 0.15) is 6.23 Å². The molecular weight excluding hydrogens is 462 g/mol. The molecule has 0 saturated heterocycles. The maximum atomic E-state index is 13.5. The van der Waals surface area contributed by atoms with Crippen molar-refractivity contribution in [1.82, 2.24) is 5.32 Å². The average molecular weight is 485 g/mol. The number of aliphatic hydroxyl groups is 1. The molecule has 0 aromatic heterocycles. The van der Waals surface area contributed by atoms with Gasteiger partial charge in [0.05, 0.1) is 11.4 Å². The van der Waals surface area contributed by atoms with Crippen molar-refractivity contribution in [2.24, 2.45) is 4.99 Å². The van der Waals surface area contributed by atoms with Crippen molar-refractivity contribution in [3.63, 3.8) is 0 Å². The molecule has 33 heavy (non-hydrogen) atoms. The molecule has 1 aliphatic heterocycles. The summed E-state index contributed by atoms with van der Waals surface area (Å²) in [5.41, 5.74) is 4.15. The van der Waals surface area contributed by atoms with Crippen molar-refractivity contribution in [3.8, 4) is 0 Å². The van der Waals surface area contributed by atoms with Crippen LogP contribution in [-0.2, 0) is 0 Å². The molecule has 2 aliphatic rings. The van der Waals surface area contributed by atoms with E-state index < -0.39 is 12.2 Å². The highest BCUT2D eigenvalue weighted by atomic mass is 35.5. The van der Waals surface area contributed by atoms with Gasteiger partial charge in [0.2, 0.25) is 5.92 Å². The highest BCUT2D eigenvalue weighted by Crippen LogP contribution is 2.42. The number of alkyl halides is 2. The Morgan fingerprint density at radius 3 is 2.58 bits per heavy atom. The number of fused-ring (bicyclic) bond motifs is 2. The average Bonchev–Trinajstić information content (AvgIpc) is 2.96. The highest BCUT2D eigenvalue weighted by molar-refractivity contribution is 7.99. The van der Waals surface area contributed by atoms with E-state index in [0.29, 0.717) is 23.4 Å². The van der Waals surface area contributed by atoms with E-state index in [0.717, 1.165) is 32.3 Å². The highest BCUT2D eigenvalue weighted by Gasteiger charge is 2.35. The molecule has 5 rings (SSSR count). The lowest BCUT2D eigenvalue weighted by Crippen LogP contribution is -2.39. The summed E-state index contributed by atoms with van der Waals surface area (Å²) in [5, 5.41) is 14.5. The first-order chi connectivity index (χ1) is 15.9. The largest absolute Gasteiger partial charge is 0.374 e. The van der Waals surface area contributed by atoms with E-state index in [1.165, 1.54) is 0 Å². The summed E-state index contributed by atoms with van der Waals surface area (Å²) >= 11 is 7.89. The second-order valence-corrected chi connectivity index (χ2v) is 10.0. The number of benzene rings is 3. The van der Waals surface area contributed by atoms with Crippen LogP contribution in [0.4, 0.5) is 14.5 Å². The summed E-state index contributed by atoms with van der Waals surface area (Å²) in [5.74, 6) is -2.59. The van der Waals surface area contributed by atoms with E-state index in [1.807, 2.05) is 60.7 Å². The van der Waals surface area contributed by atoms with Crippen LogP contribution < -0.4 is 5.32 Å². The Morgan fingerprint density at radius 1 is 1.00 bits per heavy atom. The van der Waals surface area contributed by atoms with Gasteiger partial charge in [0, 0.05) is 44.8 Å². The number of rotatable bonds is 4. The fraction of sp³-hybridized carbons (Fsp3) is 0.269. The molecule has 1 fully saturated rings. The van der Waals surface area contributed by atoms with Crippen LogP contribution in [0.5, 0.6) is 0 Å². The number of nitrogens with one attached hydrogen (secondary N) is 1. The first-order valence-electron chi connectivity index (χ1n) is 11.0. The van der Waals surface area contributed by atoms with Crippen molar-refractivity contribution < 1.29 is 13.9 Å². The number of hydrogen-bond acceptors (Lipinski definition) is 4. The molecule has 1 unspecified atom stereocenters. The van der Waals surface area contributed by atoms with Gasteiger partial charge in [-0.15, -0.1) is 0 Å². The van der Waals surface area contributed by atoms with Crippen molar-refractivity contribution in [3.05, 3.63) is 88.4 Å². The molecule has 0 amide bonds. The summed E-state index contributed by atoms with van der Waals surface area (Å²) in [6.45, 7) is 0. The minimum Gasteiger partial charge on any atom is -0.374 e. The first-order valence-corrected chi connectivity index (χ1v) is 12.2. The van der Waals surface area contributed by atoms with Gasteiger partial charge in [-0.2, -0.15) is 0 Å². The van der Waals surface area contributed by atoms with Gasteiger partial charge >= 0.3 is 0 Å². The minimum absolute atomic E-state index is 0.136. The predicted octanol–water partition coefficient (Wildman–Crippen LogP) is 7.13. The number of halogens is 3. The van der Waals surface area contributed by atoms with Gasteiger partial charge in [-0.1, -0.05) is 59.8 Å². The Balaban J connectivity index is 1.48. The van der Waals surface area contributed by atoms with Crippen LogP contribution in [0.2, 0.25) is 5.02 Å². The minimum atomic E-state index is -2.59. The van der Waals surface area contributed by atoms with Crippen LogP contribution in [0.15, 0.2) is 81.5 Å². The van der Waals surface area contributed by atoms with Gasteiger partial charge in [-0.3, -0.25) is 5.32 Å². The van der Waals surface area contributed by atoms with Crippen LogP contribution in [0.1, 0.15) is 48.6 Å². The summed E-state index contributed by atoms with van der Waals surface area (Å²) < 4.78 is 26.9. The zero-order valence-corrected chi connectivity index (χ0v) is 19.3. The van der Waals surface area contributed by atoms with Gasteiger partial charge in [-0.05, 0) is 48.7 Å². The van der Waals surface area contributed by atoms with E-state index in [4.69, 9.17) is 16.6 Å². The molecule has 1 aliphatic carbocycles. The van der Waals surface area contributed by atoms with Crippen LogP contribution in [0, 0.1) is 0 Å². The zero-order chi connectivity index (χ0) is 23.0. The molecule has 0 radical (unpaired) electrons. The van der Waals surface area contributed by atoms with Crippen molar-refractivity contribution in [2.75, 3.05) is 0 Å². The lowest BCUT2D eigenvalue weighted by molar-refractivity contribution is -0.0453. The van der Waals surface area contributed by atoms with E-state index >= 15 is 0 Å². The summed E-state index contributed by atoms with van der Waals surface area (Å²) in [7, 11) is 0. The van der Waals surface area contributed by atoms with Crippen molar-refractivity contribution >= 4 is 34.8 Å².